The minimum absolute atomic E-state index is 0.138. The number of fused-ring (bicyclic) bond motifs is 1. The van der Waals surface area contributed by atoms with Gasteiger partial charge in [-0.3, -0.25) is 9.59 Å². The molecule has 1 fully saturated rings. The Labute approximate surface area is 123 Å². The van der Waals surface area contributed by atoms with Gasteiger partial charge in [0.05, 0.1) is 5.92 Å². The number of hydrogen-bond donors (Lipinski definition) is 2. The van der Waals surface area contributed by atoms with Gasteiger partial charge in [0.1, 0.15) is 5.69 Å². The van der Waals surface area contributed by atoms with Crippen molar-refractivity contribution in [2.24, 2.45) is 5.92 Å². The number of likely N-dealkylation sites (tertiary alicyclic amines) is 1. The van der Waals surface area contributed by atoms with E-state index in [4.69, 9.17) is 5.11 Å². The van der Waals surface area contributed by atoms with E-state index < -0.39 is 11.9 Å². The van der Waals surface area contributed by atoms with Crippen LogP contribution in [0.4, 0.5) is 0 Å². The number of halogens is 1. The summed E-state index contributed by atoms with van der Waals surface area (Å²) in [5.74, 6) is -1.42. The Morgan fingerprint density at radius 3 is 2.85 bits per heavy atom. The number of carboxylic acids is 1. The number of nitrogens with one attached hydrogen (secondary N) is 1. The molecule has 104 valence electrons. The molecule has 1 aliphatic heterocycles. The maximum atomic E-state index is 12.4. The number of carbonyl (C=O) groups is 2. The lowest BCUT2D eigenvalue weighted by Crippen LogP contribution is -2.30. The molecule has 0 saturated carbocycles. The third-order valence-electron chi connectivity index (χ3n) is 3.64. The molecular weight excluding hydrogens is 324 g/mol. The maximum absolute atomic E-state index is 12.4. The molecule has 1 atom stereocenters. The number of aromatic nitrogens is 1. The van der Waals surface area contributed by atoms with Gasteiger partial charge >= 0.3 is 5.97 Å². The van der Waals surface area contributed by atoms with Gasteiger partial charge in [0, 0.05) is 28.5 Å². The highest BCUT2D eigenvalue weighted by Gasteiger charge is 2.31. The van der Waals surface area contributed by atoms with Crippen LogP contribution in [-0.4, -0.2) is 40.0 Å². The Morgan fingerprint density at radius 1 is 1.35 bits per heavy atom. The normalized spacial score (nSPS) is 18.6. The highest BCUT2D eigenvalue weighted by atomic mass is 79.9. The van der Waals surface area contributed by atoms with Gasteiger partial charge in [-0.15, -0.1) is 0 Å². The van der Waals surface area contributed by atoms with Crippen molar-refractivity contribution >= 4 is 38.7 Å². The van der Waals surface area contributed by atoms with E-state index in [1.165, 1.54) is 0 Å². The molecule has 2 aromatic rings. The van der Waals surface area contributed by atoms with Crippen LogP contribution in [0.5, 0.6) is 0 Å². The summed E-state index contributed by atoms with van der Waals surface area (Å²) in [4.78, 5) is 28.0. The van der Waals surface area contributed by atoms with Gasteiger partial charge in [0.2, 0.25) is 0 Å². The second-order valence-corrected chi connectivity index (χ2v) is 5.91. The van der Waals surface area contributed by atoms with Crippen molar-refractivity contribution in [3.05, 3.63) is 34.4 Å². The Kier molecular flexibility index (Phi) is 3.25. The fourth-order valence-corrected chi connectivity index (χ4v) is 2.91. The zero-order valence-corrected chi connectivity index (χ0v) is 12.2. The average molecular weight is 337 g/mol. The van der Waals surface area contributed by atoms with Crippen LogP contribution in [0.15, 0.2) is 28.7 Å². The lowest BCUT2D eigenvalue weighted by atomic mass is 10.1. The lowest BCUT2D eigenvalue weighted by Gasteiger charge is -2.14. The number of H-pyrrole nitrogens is 1. The van der Waals surface area contributed by atoms with Crippen molar-refractivity contribution in [2.75, 3.05) is 13.1 Å². The fourth-order valence-electron chi connectivity index (χ4n) is 2.54. The summed E-state index contributed by atoms with van der Waals surface area (Å²) in [5.41, 5.74) is 1.40. The molecule has 2 N–H and O–H groups in total. The first kappa shape index (κ1) is 13.2. The highest BCUT2D eigenvalue weighted by Crippen LogP contribution is 2.23. The summed E-state index contributed by atoms with van der Waals surface area (Å²) >= 11 is 3.39. The zero-order chi connectivity index (χ0) is 14.3. The summed E-state index contributed by atoms with van der Waals surface area (Å²) in [6.45, 7) is 0.780. The number of aliphatic carboxylic acids is 1. The predicted octanol–water partition coefficient (Wildman–Crippen LogP) is 2.48. The molecule has 1 aliphatic rings. The van der Waals surface area contributed by atoms with Gasteiger partial charge in [-0.1, -0.05) is 15.9 Å². The Bertz CT molecular complexity index is 695. The topological polar surface area (TPSA) is 73.4 Å². The number of carbonyl (C=O) groups excluding carboxylic acids is 1. The molecule has 0 bridgehead atoms. The summed E-state index contributed by atoms with van der Waals surface area (Å²) < 4.78 is 0.954. The van der Waals surface area contributed by atoms with Crippen molar-refractivity contribution in [3.63, 3.8) is 0 Å². The third-order valence-corrected chi connectivity index (χ3v) is 4.13. The van der Waals surface area contributed by atoms with Gasteiger partial charge in [-0.2, -0.15) is 0 Å². The molecule has 0 aliphatic carbocycles. The van der Waals surface area contributed by atoms with Crippen LogP contribution in [0.3, 0.4) is 0 Å². The van der Waals surface area contributed by atoms with E-state index >= 15 is 0 Å². The van der Waals surface area contributed by atoms with Gasteiger partial charge < -0.3 is 15.0 Å². The molecule has 0 radical (unpaired) electrons. The summed E-state index contributed by atoms with van der Waals surface area (Å²) in [6, 6.07) is 7.55. The average Bonchev–Trinajstić information content (AvgIpc) is 3.03. The van der Waals surface area contributed by atoms with Crippen LogP contribution < -0.4 is 0 Å². The molecule has 6 heteroatoms. The zero-order valence-electron chi connectivity index (χ0n) is 10.6. The SMILES string of the molecule is O=C(O)C1CCN(C(=O)c2cc3cc(Br)ccc3[nH]2)C1. The summed E-state index contributed by atoms with van der Waals surface area (Å²) in [5, 5.41) is 9.93. The molecule has 1 amide bonds. The standard InChI is InChI=1S/C14H13BrN2O3/c15-10-1-2-11-9(5-10)6-12(16-11)13(18)17-4-3-8(7-17)14(19)20/h1-2,5-6,8,16H,3-4,7H2,(H,19,20). The number of aromatic amines is 1. The molecule has 1 saturated heterocycles. The van der Waals surface area contributed by atoms with Gasteiger partial charge in [0.15, 0.2) is 0 Å². The largest absolute Gasteiger partial charge is 0.481 e. The molecule has 5 nitrogen and oxygen atoms in total. The first-order valence-electron chi connectivity index (χ1n) is 6.35. The monoisotopic (exact) mass is 336 g/mol. The number of hydrogen-bond acceptors (Lipinski definition) is 2. The van der Waals surface area contributed by atoms with Gasteiger partial charge in [-0.05, 0) is 30.7 Å². The van der Waals surface area contributed by atoms with Crippen LogP contribution in [0.1, 0.15) is 16.9 Å². The van der Waals surface area contributed by atoms with Crippen molar-refractivity contribution in [3.8, 4) is 0 Å². The number of benzene rings is 1. The van der Waals surface area contributed by atoms with E-state index in [2.05, 4.69) is 20.9 Å². The van der Waals surface area contributed by atoms with Gasteiger partial charge in [0.25, 0.3) is 5.91 Å². The molecule has 1 aromatic carbocycles. The second kappa shape index (κ2) is 4.94. The number of nitrogens with zero attached hydrogens (tertiary/aromatic N) is 1. The summed E-state index contributed by atoms with van der Waals surface area (Å²) in [7, 11) is 0. The first-order chi connectivity index (χ1) is 9.54. The molecule has 2 heterocycles. The fraction of sp³-hybridized carbons (Fsp3) is 0.286. The van der Waals surface area contributed by atoms with E-state index in [1.807, 2.05) is 18.2 Å². The third kappa shape index (κ3) is 2.31. The second-order valence-electron chi connectivity index (χ2n) is 4.99. The molecule has 3 rings (SSSR count). The maximum Gasteiger partial charge on any atom is 0.308 e. The van der Waals surface area contributed by atoms with Crippen LogP contribution >= 0.6 is 15.9 Å². The molecule has 1 unspecified atom stereocenters. The minimum Gasteiger partial charge on any atom is -0.481 e. The Morgan fingerprint density at radius 2 is 2.15 bits per heavy atom. The van der Waals surface area contributed by atoms with E-state index in [9.17, 15) is 9.59 Å². The quantitative estimate of drug-likeness (QED) is 0.884. The van der Waals surface area contributed by atoms with E-state index in [0.717, 1.165) is 15.4 Å². The van der Waals surface area contributed by atoms with E-state index in [1.54, 1.807) is 11.0 Å². The molecule has 20 heavy (non-hydrogen) atoms. The van der Waals surface area contributed by atoms with Crippen LogP contribution in [0.25, 0.3) is 10.9 Å². The lowest BCUT2D eigenvalue weighted by molar-refractivity contribution is -0.141. The number of amides is 1. The van der Waals surface area contributed by atoms with Gasteiger partial charge in [-0.25, -0.2) is 0 Å². The molecule has 0 spiro atoms. The van der Waals surface area contributed by atoms with Crippen molar-refractivity contribution < 1.29 is 14.7 Å². The number of rotatable bonds is 2. The number of carboxylic acid groups (broad SMARTS) is 1. The van der Waals surface area contributed by atoms with Crippen molar-refractivity contribution in [1.82, 2.24) is 9.88 Å². The predicted molar refractivity (Wildman–Crippen MR) is 77.6 cm³/mol. The Hall–Kier alpha value is -1.82. The van der Waals surface area contributed by atoms with Crippen LogP contribution in [0.2, 0.25) is 0 Å². The summed E-state index contributed by atoms with van der Waals surface area (Å²) in [6.07, 6.45) is 0.521. The minimum atomic E-state index is -0.833. The van der Waals surface area contributed by atoms with Crippen molar-refractivity contribution in [2.45, 2.75) is 6.42 Å². The van der Waals surface area contributed by atoms with E-state index in [0.29, 0.717) is 18.7 Å². The van der Waals surface area contributed by atoms with Crippen LogP contribution in [-0.2, 0) is 4.79 Å². The smallest absolute Gasteiger partial charge is 0.308 e. The Balaban J connectivity index is 1.84. The van der Waals surface area contributed by atoms with E-state index in [-0.39, 0.29) is 12.5 Å². The van der Waals surface area contributed by atoms with Crippen molar-refractivity contribution in [1.29, 1.82) is 0 Å². The highest BCUT2D eigenvalue weighted by molar-refractivity contribution is 9.10. The first-order valence-corrected chi connectivity index (χ1v) is 7.14. The van der Waals surface area contributed by atoms with Crippen LogP contribution in [0, 0.1) is 5.92 Å². The molecular formula is C14H13BrN2O3. The molecule has 1 aromatic heterocycles.